The highest BCUT2D eigenvalue weighted by Gasteiger charge is 2.23. The van der Waals surface area contributed by atoms with Gasteiger partial charge in [-0.3, -0.25) is 0 Å². The maximum Gasteiger partial charge on any atom is 0.158 e. The molecule has 1 aromatic carbocycles. The molecule has 1 aliphatic carbocycles. The molecule has 0 atom stereocenters. The van der Waals surface area contributed by atoms with Gasteiger partial charge < -0.3 is 5.73 Å². The van der Waals surface area contributed by atoms with Crippen LogP contribution in [-0.2, 0) is 7.05 Å². The van der Waals surface area contributed by atoms with Crippen LogP contribution in [0.3, 0.4) is 0 Å². The highest BCUT2D eigenvalue weighted by atomic mass is 15.3. The predicted octanol–water partition coefficient (Wildman–Crippen LogP) is 3.34. The zero-order chi connectivity index (χ0) is 14.3. The number of benzene rings is 1. The third kappa shape index (κ3) is 2.19. The van der Waals surface area contributed by atoms with Crippen molar-refractivity contribution in [3.8, 4) is 11.4 Å². The average Bonchev–Trinajstić information content (AvgIpc) is 3.02. The molecule has 4 nitrogen and oxygen atoms in total. The van der Waals surface area contributed by atoms with Gasteiger partial charge >= 0.3 is 0 Å². The van der Waals surface area contributed by atoms with E-state index in [1.807, 2.05) is 23.9 Å². The first kappa shape index (κ1) is 13.2. The molecule has 1 aromatic heterocycles. The minimum absolute atomic E-state index is 0.539. The minimum Gasteiger partial charge on any atom is -0.399 e. The van der Waals surface area contributed by atoms with Crippen LogP contribution >= 0.6 is 0 Å². The van der Waals surface area contributed by atoms with Crippen LogP contribution in [0.15, 0.2) is 12.1 Å². The van der Waals surface area contributed by atoms with Crippen LogP contribution in [0.4, 0.5) is 5.69 Å². The van der Waals surface area contributed by atoms with E-state index in [2.05, 4.69) is 18.9 Å². The van der Waals surface area contributed by atoms with Crippen LogP contribution < -0.4 is 5.73 Å². The minimum atomic E-state index is 0.539. The van der Waals surface area contributed by atoms with E-state index >= 15 is 0 Å². The van der Waals surface area contributed by atoms with Gasteiger partial charge in [0, 0.05) is 24.2 Å². The summed E-state index contributed by atoms with van der Waals surface area (Å²) in [5.41, 5.74) is 10.3. The zero-order valence-corrected chi connectivity index (χ0v) is 12.5. The van der Waals surface area contributed by atoms with E-state index in [4.69, 9.17) is 10.7 Å². The number of hydrogen-bond acceptors (Lipinski definition) is 3. The smallest absolute Gasteiger partial charge is 0.158 e. The summed E-state index contributed by atoms with van der Waals surface area (Å²) in [5.74, 6) is 2.47. The zero-order valence-electron chi connectivity index (χ0n) is 12.5. The van der Waals surface area contributed by atoms with E-state index in [1.54, 1.807) is 0 Å². The number of nitrogens with two attached hydrogens (primary N) is 1. The molecule has 0 saturated heterocycles. The summed E-state index contributed by atoms with van der Waals surface area (Å²) in [6.45, 7) is 4.21. The molecule has 0 aliphatic heterocycles. The third-order valence-electron chi connectivity index (χ3n) is 4.43. The van der Waals surface area contributed by atoms with Gasteiger partial charge in [-0.15, -0.1) is 0 Å². The van der Waals surface area contributed by atoms with Gasteiger partial charge in [0.25, 0.3) is 0 Å². The Balaban J connectivity index is 2.06. The van der Waals surface area contributed by atoms with Crippen molar-refractivity contribution < 1.29 is 0 Å². The maximum atomic E-state index is 5.99. The van der Waals surface area contributed by atoms with Crippen molar-refractivity contribution in [2.45, 2.75) is 45.4 Å². The molecule has 1 saturated carbocycles. The summed E-state index contributed by atoms with van der Waals surface area (Å²) < 4.78 is 1.90. The molecule has 4 heteroatoms. The summed E-state index contributed by atoms with van der Waals surface area (Å²) in [5, 5.41) is 4.63. The van der Waals surface area contributed by atoms with Crippen LogP contribution in [0.1, 0.15) is 48.6 Å². The van der Waals surface area contributed by atoms with Gasteiger partial charge in [0.1, 0.15) is 0 Å². The van der Waals surface area contributed by atoms with Crippen molar-refractivity contribution in [2.75, 3.05) is 5.73 Å². The molecule has 3 rings (SSSR count). The second-order valence-corrected chi connectivity index (χ2v) is 5.91. The van der Waals surface area contributed by atoms with Crippen LogP contribution in [0.25, 0.3) is 11.4 Å². The van der Waals surface area contributed by atoms with Crippen LogP contribution in [0.2, 0.25) is 0 Å². The second-order valence-electron chi connectivity index (χ2n) is 5.91. The molecule has 0 amide bonds. The predicted molar refractivity (Wildman–Crippen MR) is 81.5 cm³/mol. The van der Waals surface area contributed by atoms with Crippen molar-refractivity contribution in [2.24, 2.45) is 7.05 Å². The molecule has 0 unspecified atom stereocenters. The van der Waals surface area contributed by atoms with E-state index in [9.17, 15) is 0 Å². The summed E-state index contributed by atoms with van der Waals surface area (Å²) in [6, 6.07) is 4.01. The molecule has 0 radical (unpaired) electrons. The largest absolute Gasteiger partial charge is 0.399 e. The number of nitrogen functional groups attached to an aromatic ring is 1. The molecule has 20 heavy (non-hydrogen) atoms. The molecule has 1 heterocycles. The van der Waals surface area contributed by atoms with Crippen molar-refractivity contribution in [3.63, 3.8) is 0 Å². The lowest BCUT2D eigenvalue weighted by molar-refractivity contribution is 0.648. The van der Waals surface area contributed by atoms with Gasteiger partial charge in [0.15, 0.2) is 11.6 Å². The Bertz CT molecular complexity index is 636. The van der Waals surface area contributed by atoms with E-state index in [-0.39, 0.29) is 0 Å². The Hall–Kier alpha value is -1.84. The van der Waals surface area contributed by atoms with Crippen LogP contribution in [-0.4, -0.2) is 14.8 Å². The monoisotopic (exact) mass is 270 g/mol. The van der Waals surface area contributed by atoms with Crippen molar-refractivity contribution in [1.82, 2.24) is 14.8 Å². The fourth-order valence-corrected chi connectivity index (χ4v) is 3.12. The fraction of sp³-hybridized carbons (Fsp3) is 0.500. The maximum absolute atomic E-state index is 5.99. The molecule has 0 spiro atoms. The number of aryl methyl sites for hydroxylation is 2. The highest BCUT2D eigenvalue weighted by molar-refractivity contribution is 5.67. The first-order chi connectivity index (χ1) is 9.56. The van der Waals surface area contributed by atoms with Crippen LogP contribution in [0.5, 0.6) is 0 Å². The number of nitrogens with zero attached hydrogens (tertiary/aromatic N) is 3. The SMILES string of the molecule is Cc1cc(N)cc(-c2nc(C3CCCC3)nn2C)c1C. The molecular formula is C16H22N4. The quantitative estimate of drug-likeness (QED) is 0.851. The van der Waals surface area contributed by atoms with Crippen molar-refractivity contribution >= 4 is 5.69 Å². The lowest BCUT2D eigenvalue weighted by atomic mass is 10.0. The second kappa shape index (κ2) is 4.93. The van der Waals surface area contributed by atoms with E-state index < -0.39 is 0 Å². The summed E-state index contributed by atoms with van der Waals surface area (Å²) in [6.07, 6.45) is 5.04. The van der Waals surface area contributed by atoms with Gasteiger partial charge in [0.2, 0.25) is 0 Å². The van der Waals surface area contributed by atoms with Gasteiger partial charge in [-0.2, -0.15) is 5.10 Å². The number of anilines is 1. The van der Waals surface area contributed by atoms with E-state index in [1.165, 1.54) is 36.8 Å². The molecule has 2 N–H and O–H groups in total. The standard InChI is InChI=1S/C16H22N4/c1-10-8-13(17)9-14(11(10)2)16-18-15(19-20(16)3)12-6-4-5-7-12/h8-9,12H,4-7,17H2,1-3H3. The third-order valence-corrected chi connectivity index (χ3v) is 4.43. The van der Waals surface area contributed by atoms with E-state index in [0.29, 0.717) is 5.92 Å². The van der Waals surface area contributed by atoms with Crippen molar-refractivity contribution in [1.29, 1.82) is 0 Å². The molecular weight excluding hydrogens is 248 g/mol. The van der Waals surface area contributed by atoms with Gasteiger partial charge in [-0.1, -0.05) is 12.8 Å². The number of aromatic nitrogens is 3. The van der Waals surface area contributed by atoms with Gasteiger partial charge in [-0.05, 0) is 49.9 Å². The first-order valence-electron chi connectivity index (χ1n) is 7.34. The Morgan fingerprint density at radius 3 is 2.60 bits per heavy atom. The fourth-order valence-electron chi connectivity index (χ4n) is 3.12. The Kier molecular flexibility index (Phi) is 3.24. The summed E-state index contributed by atoms with van der Waals surface area (Å²) in [7, 11) is 1.97. The number of hydrogen-bond donors (Lipinski definition) is 1. The normalized spacial score (nSPS) is 15.9. The molecule has 2 aromatic rings. The van der Waals surface area contributed by atoms with Crippen LogP contribution in [0, 0.1) is 13.8 Å². The topological polar surface area (TPSA) is 56.7 Å². The van der Waals surface area contributed by atoms with Gasteiger partial charge in [0.05, 0.1) is 0 Å². The Labute approximate surface area is 120 Å². The Morgan fingerprint density at radius 1 is 1.20 bits per heavy atom. The lowest BCUT2D eigenvalue weighted by Gasteiger charge is -2.09. The van der Waals surface area contributed by atoms with Crippen molar-refractivity contribution in [3.05, 3.63) is 29.1 Å². The number of rotatable bonds is 2. The van der Waals surface area contributed by atoms with E-state index in [0.717, 1.165) is 22.9 Å². The Morgan fingerprint density at radius 2 is 1.90 bits per heavy atom. The van der Waals surface area contributed by atoms with Gasteiger partial charge in [-0.25, -0.2) is 9.67 Å². The highest BCUT2D eigenvalue weighted by Crippen LogP contribution is 2.34. The average molecular weight is 270 g/mol. The molecule has 0 bridgehead atoms. The summed E-state index contributed by atoms with van der Waals surface area (Å²) >= 11 is 0. The molecule has 1 fully saturated rings. The lowest BCUT2D eigenvalue weighted by Crippen LogP contribution is -1.99. The molecule has 1 aliphatic rings. The molecule has 106 valence electrons. The summed E-state index contributed by atoms with van der Waals surface area (Å²) in [4.78, 5) is 4.80. The first-order valence-corrected chi connectivity index (χ1v) is 7.34.